The summed E-state index contributed by atoms with van der Waals surface area (Å²) in [5.41, 5.74) is 1.21. The van der Waals surface area contributed by atoms with Gasteiger partial charge in [0.1, 0.15) is 5.01 Å². The van der Waals surface area contributed by atoms with Gasteiger partial charge in [0.25, 0.3) is 0 Å². The van der Waals surface area contributed by atoms with Crippen molar-refractivity contribution in [2.45, 2.75) is 65.3 Å². The van der Waals surface area contributed by atoms with Gasteiger partial charge in [-0.25, -0.2) is 4.98 Å². The molecular weight excluding hydrogens is 240 g/mol. The molecule has 1 aromatic heterocycles. The van der Waals surface area contributed by atoms with E-state index in [9.17, 15) is 0 Å². The van der Waals surface area contributed by atoms with E-state index in [-0.39, 0.29) is 0 Å². The molecule has 0 saturated heterocycles. The first-order valence-electron chi connectivity index (χ1n) is 7.39. The molecule has 1 saturated carbocycles. The molecule has 1 N–H and O–H groups in total. The molecule has 0 amide bonds. The highest BCUT2D eigenvalue weighted by Gasteiger charge is 2.26. The number of thiazole rings is 1. The van der Waals surface area contributed by atoms with E-state index in [2.05, 4.69) is 26.1 Å². The summed E-state index contributed by atoms with van der Waals surface area (Å²) in [6.45, 7) is 7.56. The van der Waals surface area contributed by atoms with Crippen LogP contribution in [0.1, 0.15) is 67.1 Å². The molecule has 2 nitrogen and oxygen atoms in total. The highest BCUT2D eigenvalue weighted by Crippen LogP contribution is 2.35. The van der Waals surface area contributed by atoms with Crippen molar-refractivity contribution in [2.75, 3.05) is 6.54 Å². The van der Waals surface area contributed by atoms with Gasteiger partial charge in [-0.05, 0) is 39.2 Å². The van der Waals surface area contributed by atoms with E-state index in [1.807, 2.05) is 11.3 Å². The second-order valence-corrected chi connectivity index (χ2v) is 6.72. The van der Waals surface area contributed by atoms with Gasteiger partial charge in [0.15, 0.2) is 0 Å². The van der Waals surface area contributed by atoms with E-state index >= 15 is 0 Å². The summed E-state index contributed by atoms with van der Waals surface area (Å²) in [5.74, 6) is 0.789. The van der Waals surface area contributed by atoms with Gasteiger partial charge in [-0.1, -0.05) is 32.6 Å². The molecule has 1 aliphatic carbocycles. The Balaban J connectivity index is 2.15. The maximum atomic E-state index is 4.79. The molecule has 0 radical (unpaired) electrons. The first-order valence-corrected chi connectivity index (χ1v) is 8.21. The average Bonchev–Trinajstić information content (AvgIpc) is 2.60. The summed E-state index contributed by atoms with van der Waals surface area (Å²) in [5, 5.41) is 5.00. The van der Waals surface area contributed by atoms with E-state index in [0.29, 0.717) is 6.04 Å². The Morgan fingerprint density at radius 1 is 1.22 bits per heavy atom. The molecule has 1 aromatic rings. The van der Waals surface area contributed by atoms with E-state index in [0.717, 1.165) is 12.5 Å². The fraction of sp³-hybridized carbons (Fsp3) is 0.800. The Morgan fingerprint density at radius 2 is 1.89 bits per heavy atom. The fourth-order valence-electron chi connectivity index (χ4n) is 2.95. The standard InChI is InChI=1S/C15H26N2S/c1-4-16-14(13-9-7-5-6-8-10-13)15-17-11(2)12(3)18-15/h13-14,16H,4-10H2,1-3H3. The zero-order valence-corrected chi connectivity index (χ0v) is 12.8. The highest BCUT2D eigenvalue weighted by molar-refractivity contribution is 7.11. The molecular formula is C15H26N2S. The number of hydrogen-bond donors (Lipinski definition) is 1. The molecule has 1 aliphatic rings. The third kappa shape index (κ3) is 3.33. The van der Waals surface area contributed by atoms with Crippen molar-refractivity contribution >= 4 is 11.3 Å². The number of aryl methyl sites for hydroxylation is 2. The Morgan fingerprint density at radius 3 is 2.39 bits per heavy atom. The molecule has 0 aromatic carbocycles. The summed E-state index contributed by atoms with van der Waals surface area (Å²) in [4.78, 5) is 6.17. The topological polar surface area (TPSA) is 24.9 Å². The monoisotopic (exact) mass is 266 g/mol. The Kier molecular flexibility index (Phi) is 5.19. The predicted octanol–water partition coefficient (Wildman–Crippen LogP) is 4.38. The molecule has 1 heterocycles. The Hall–Kier alpha value is -0.410. The normalized spacial score (nSPS) is 19.7. The molecule has 3 heteroatoms. The van der Waals surface area contributed by atoms with Crippen LogP contribution in [0.25, 0.3) is 0 Å². The second-order valence-electron chi connectivity index (χ2n) is 5.48. The summed E-state index contributed by atoms with van der Waals surface area (Å²) in [6.07, 6.45) is 8.38. The van der Waals surface area contributed by atoms with Gasteiger partial charge in [-0.15, -0.1) is 11.3 Å². The predicted molar refractivity (Wildman–Crippen MR) is 79.2 cm³/mol. The van der Waals surface area contributed by atoms with Crippen LogP contribution in [-0.4, -0.2) is 11.5 Å². The number of nitrogens with zero attached hydrogens (tertiary/aromatic N) is 1. The van der Waals surface area contributed by atoms with Crippen LogP contribution in [0.5, 0.6) is 0 Å². The molecule has 18 heavy (non-hydrogen) atoms. The minimum absolute atomic E-state index is 0.491. The van der Waals surface area contributed by atoms with Crippen LogP contribution in [0.15, 0.2) is 0 Å². The molecule has 1 atom stereocenters. The van der Waals surface area contributed by atoms with Crippen molar-refractivity contribution in [3.63, 3.8) is 0 Å². The van der Waals surface area contributed by atoms with Crippen molar-refractivity contribution in [2.24, 2.45) is 5.92 Å². The number of nitrogens with one attached hydrogen (secondary N) is 1. The quantitative estimate of drug-likeness (QED) is 0.818. The summed E-state index contributed by atoms with van der Waals surface area (Å²) >= 11 is 1.89. The second kappa shape index (κ2) is 6.67. The van der Waals surface area contributed by atoms with Crippen molar-refractivity contribution < 1.29 is 0 Å². The maximum Gasteiger partial charge on any atom is 0.110 e. The van der Waals surface area contributed by atoms with Crippen LogP contribution < -0.4 is 5.32 Å². The van der Waals surface area contributed by atoms with Gasteiger partial charge in [-0.2, -0.15) is 0 Å². The number of hydrogen-bond acceptors (Lipinski definition) is 3. The van der Waals surface area contributed by atoms with Crippen molar-refractivity contribution in [3.8, 4) is 0 Å². The molecule has 1 unspecified atom stereocenters. The van der Waals surface area contributed by atoms with E-state index in [1.54, 1.807) is 0 Å². The summed E-state index contributed by atoms with van der Waals surface area (Å²) < 4.78 is 0. The lowest BCUT2D eigenvalue weighted by Crippen LogP contribution is -2.28. The minimum atomic E-state index is 0.491. The van der Waals surface area contributed by atoms with Gasteiger partial charge in [0.2, 0.25) is 0 Å². The minimum Gasteiger partial charge on any atom is -0.308 e. The van der Waals surface area contributed by atoms with Crippen LogP contribution >= 0.6 is 11.3 Å². The molecule has 0 aliphatic heterocycles. The Labute approximate surface area is 115 Å². The third-order valence-corrected chi connectivity index (χ3v) is 5.26. The molecule has 1 fully saturated rings. The SMILES string of the molecule is CCNC(c1nc(C)c(C)s1)C1CCCCCC1. The van der Waals surface area contributed by atoms with Gasteiger partial charge >= 0.3 is 0 Å². The van der Waals surface area contributed by atoms with Crippen LogP contribution in [0.3, 0.4) is 0 Å². The van der Waals surface area contributed by atoms with Crippen molar-refractivity contribution in [3.05, 3.63) is 15.6 Å². The molecule has 102 valence electrons. The zero-order valence-electron chi connectivity index (χ0n) is 12.0. The van der Waals surface area contributed by atoms with E-state index in [4.69, 9.17) is 4.98 Å². The molecule has 0 bridgehead atoms. The fourth-order valence-corrected chi connectivity index (χ4v) is 4.04. The summed E-state index contributed by atoms with van der Waals surface area (Å²) in [6, 6.07) is 0.491. The van der Waals surface area contributed by atoms with Crippen LogP contribution in [-0.2, 0) is 0 Å². The van der Waals surface area contributed by atoms with E-state index < -0.39 is 0 Å². The van der Waals surface area contributed by atoms with Crippen molar-refractivity contribution in [1.82, 2.24) is 10.3 Å². The van der Waals surface area contributed by atoms with Gasteiger partial charge < -0.3 is 5.32 Å². The zero-order chi connectivity index (χ0) is 13.0. The van der Waals surface area contributed by atoms with Gasteiger partial charge in [0, 0.05) is 4.88 Å². The molecule has 2 rings (SSSR count). The number of aromatic nitrogens is 1. The third-order valence-electron chi connectivity index (χ3n) is 4.11. The summed E-state index contributed by atoms with van der Waals surface area (Å²) in [7, 11) is 0. The maximum absolute atomic E-state index is 4.79. The number of rotatable bonds is 4. The lowest BCUT2D eigenvalue weighted by atomic mass is 9.92. The Bertz CT molecular complexity index is 345. The van der Waals surface area contributed by atoms with E-state index in [1.165, 1.54) is 54.1 Å². The van der Waals surface area contributed by atoms with Crippen LogP contribution in [0.2, 0.25) is 0 Å². The highest BCUT2D eigenvalue weighted by atomic mass is 32.1. The van der Waals surface area contributed by atoms with Crippen LogP contribution in [0, 0.1) is 19.8 Å². The molecule has 0 spiro atoms. The smallest absolute Gasteiger partial charge is 0.110 e. The van der Waals surface area contributed by atoms with Crippen molar-refractivity contribution in [1.29, 1.82) is 0 Å². The average molecular weight is 266 g/mol. The van der Waals surface area contributed by atoms with Gasteiger partial charge in [-0.3, -0.25) is 0 Å². The van der Waals surface area contributed by atoms with Crippen LogP contribution in [0.4, 0.5) is 0 Å². The lowest BCUT2D eigenvalue weighted by molar-refractivity contribution is 0.329. The van der Waals surface area contributed by atoms with Gasteiger partial charge in [0.05, 0.1) is 11.7 Å². The first kappa shape index (κ1) is 14.0. The lowest BCUT2D eigenvalue weighted by Gasteiger charge is -2.25. The largest absolute Gasteiger partial charge is 0.308 e. The first-order chi connectivity index (χ1) is 8.72.